The van der Waals surface area contributed by atoms with E-state index >= 15 is 0 Å². The fraction of sp³-hybridized carbons (Fsp3) is 1.00. The molecule has 0 aliphatic heterocycles. The van der Waals surface area contributed by atoms with E-state index < -0.39 is 23.6 Å². The topological polar surface area (TPSA) is 0 Å². The van der Waals surface area contributed by atoms with E-state index in [2.05, 4.69) is 0 Å². The summed E-state index contributed by atoms with van der Waals surface area (Å²) in [5, 5.41) is -1.02. The first-order valence-electron chi connectivity index (χ1n) is 7.69. The first-order chi connectivity index (χ1) is 9.34. The molecular weight excluding hydrogens is 292 g/mol. The molecule has 0 bridgehead atoms. The van der Waals surface area contributed by atoms with Crippen molar-refractivity contribution >= 4 is 11.6 Å². The number of alkyl halides is 5. The Kier molecular flexibility index (Phi) is 7.63. The zero-order chi connectivity index (χ0) is 15.2. The van der Waals surface area contributed by atoms with Crippen molar-refractivity contribution in [1.29, 1.82) is 0 Å². The first kappa shape index (κ1) is 18.1. The summed E-state index contributed by atoms with van der Waals surface area (Å²) >= 11 is 5.90. The molecule has 3 atom stereocenters. The lowest BCUT2D eigenvalue weighted by molar-refractivity contribution is -0.177. The van der Waals surface area contributed by atoms with E-state index in [9.17, 15) is 17.6 Å². The lowest BCUT2D eigenvalue weighted by Gasteiger charge is -2.25. The maximum absolute atomic E-state index is 14.1. The summed E-state index contributed by atoms with van der Waals surface area (Å²) in [5.74, 6) is -1.20. The van der Waals surface area contributed by atoms with Crippen LogP contribution in [0, 0.1) is 11.8 Å². The normalized spacial score (nSPS) is 23.1. The molecule has 3 unspecified atom stereocenters. The third-order valence-electron chi connectivity index (χ3n) is 4.39. The van der Waals surface area contributed by atoms with Crippen LogP contribution in [-0.2, 0) is 0 Å². The third kappa shape index (κ3) is 6.19. The highest BCUT2D eigenvalue weighted by Crippen LogP contribution is 2.36. The van der Waals surface area contributed by atoms with Crippen molar-refractivity contribution < 1.29 is 17.6 Å². The summed E-state index contributed by atoms with van der Waals surface area (Å²) in [7, 11) is 0. The van der Waals surface area contributed by atoms with Gasteiger partial charge in [0, 0.05) is 0 Å². The van der Waals surface area contributed by atoms with Crippen molar-refractivity contribution in [1.82, 2.24) is 0 Å². The van der Waals surface area contributed by atoms with Gasteiger partial charge in [0.15, 0.2) is 0 Å². The highest BCUT2D eigenvalue weighted by Gasteiger charge is 2.40. The molecule has 5 heteroatoms. The Labute approximate surface area is 124 Å². The highest BCUT2D eigenvalue weighted by atomic mass is 35.5. The highest BCUT2D eigenvalue weighted by molar-refractivity contribution is 6.21. The smallest absolute Gasteiger partial charge is 0.246 e. The predicted molar refractivity (Wildman–Crippen MR) is 74.8 cm³/mol. The van der Waals surface area contributed by atoms with Crippen LogP contribution in [-0.4, -0.2) is 17.7 Å². The molecular formula is C15H25ClF4. The zero-order valence-corrected chi connectivity index (χ0v) is 12.8. The van der Waals surface area contributed by atoms with E-state index in [0.717, 1.165) is 25.7 Å². The molecule has 1 saturated carbocycles. The average Bonchev–Trinajstić information content (AvgIpc) is 2.62. The van der Waals surface area contributed by atoms with Gasteiger partial charge in [0.1, 0.15) is 6.17 Å². The Bertz CT molecular complexity index is 259. The Morgan fingerprint density at radius 1 is 1.10 bits per heavy atom. The molecule has 0 heterocycles. The van der Waals surface area contributed by atoms with Crippen molar-refractivity contribution in [2.24, 2.45) is 11.8 Å². The third-order valence-corrected chi connectivity index (χ3v) is 4.84. The lowest BCUT2D eigenvalue weighted by Crippen LogP contribution is -2.29. The Morgan fingerprint density at radius 2 is 1.65 bits per heavy atom. The van der Waals surface area contributed by atoms with E-state index in [1.54, 1.807) is 0 Å². The van der Waals surface area contributed by atoms with Gasteiger partial charge in [-0.15, -0.1) is 11.6 Å². The van der Waals surface area contributed by atoms with Gasteiger partial charge in [-0.25, -0.2) is 4.39 Å². The van der Waals surface area contributed by atoms with E-state index in [-0.39, 0.29) is 12.8 Å². The molecule has 20 heavy (non-hydrogen) atoms. The standard InChI is InChI=1S/C15H25ClF4/c1-2-12(15(18,19)20)10-13(16)14(17)9-11-7-5-3-4-6-8-11/h11-14H,2-10H2,1H3. The molecule has 1 fully saturated rings. The van der Waals surface area contributed by atoms with Crippen LogP contribution in [0.15, 0.2) is 0 Å². The number of hydrogen-bond acceptors (Lipinski definition) is 0. The maximum Gasteiger partial charge on any atom is 0.391 e. The van der Waals surface area contributed by atoms with Crippen LogP contribution in [0.2, 0.25) is 0 Å². The molecule has 0 aromatic heterocycles. The Morgan fingerprint density at radius 3 is 2.10 bits per heavy atom. The maximum atomic E-state index is 14.1. The van der Waals surface area contributed by atoms with Gasteiger partial charge in [-0.2, -0.15) is 13.2 Å². The van der Waals surface area contributed by atoms with Crippen LogP contribution in [0.1, 0.15) is 64.7 Å². The summed E-state index contributed by atoms with van der Waals surface area (Å²) in [6.07, 6.45) is 0.921. The number of rotatable bonds is 6. The molecule has 0 saturated heterocycles. The molecule has 1 aliphatic rings. The van der Waals surface area contributed by atoms with Crippen LogP contribution in [0.25, 0.3) is 0 Å². The summed E-state index contributed by atoms with van der Waals surface area (Å²) in [6, 6.07) is 0. The largest absolute Gasteiger partial charge is 0.391 e. The summed E-state index contributed by atoms with van der Waals surface area (Å²) in [6.45, 7) is 1.47. The molecule has 0 amide bonds. The second-order valence-corrected chi connectivity index (χ2v) is 6.57. The van der Waals surface area contributed by atoms with Gasteiger partial charge in [-0.3, -0.25) is 0 Å². The van der Waals surface area contributed by atoms with Gasteiger partial charge in [-0.05, 0) is 25.2 Å². The van der Waals surface area contributed by atoms with Crippen molar-refractivity contribution in [3.8, 4) is 0 Å². The van der Waals surface area contributed by atoms with Crippen LogP contribution in [0.3, 0.4) is 0 Å². The minimum Gasteiger partial charge on any atom is -0.246 e. The lowest BCUT2D eigenvalue weighted by atomic mass is 9.90. The summed E-state index contributed by atoms with van der Waals surface area (Å²) in [4.78, 5) is 0. The second-order valence-electron chi connectivity index (χ2n) is 6.01. The van der Waals surface area contributed by atoms with Gasteiger partial charge in [0.2, 0.25) is 0 Å². The van der Waals surface area contributed by atoms with Crippen LogP contribution >= 0.6 is 11.6 Å². The average molecular weight is 317 g/mol. The molecule has 0 spiro atoms. The first-order valence-corrected chi connectivity index (χ1v) is 8.13. The monoisotopic (exact) mass is 316 g/mol. The predicted octanol–water partition coefficient (Wildman–Crippen LogP) is 6.27. The summed E-state index contributed by atoms with van der Waals surface area (Å²) < 4.78 is 52.1. The zero-order valence-electron chi connectivity index (χ0n) is 12.1. The SMILES string of the molecule is CCC(CC(Cl)C(F)CC1CCCCCC1)C(F)(F)F. The van der Waals surface area contributed by atoms with Gasteiger partial charge in [-0.1, -0.05) is 45.4 Å². The van der Waals surface area contributed by atoms with Crippen molar-refractivity contribution in [2.75, 3.05) is 0 Å². The van der Waals surface area contributed by atoms with Gasteiger partial charge < -0.3 is 0 Å². The molecule has 0 aromatic carbocycles. The number of hydrogen-bond donors (Lipinski definition) is 0. The van der Waals surface area contributed by atoms with E-state index in [4.69, 9.17) is 11.6 Å². The molecule has 120 valence electrons. The second kappa shape index (κ2) is 8.45. The molecule has 0 radical (unpaired) electrons. The minimum absolute atomic E-state index is 0.0388. The molecule has 0 nitrogen and oxygen atoms in total. The number of halogens is 5. The van der Waals surface area contributed by atoms with Crippen LogP contribution < -0.4 is 0 Å². The quantitative estimate of drug-likeness (QED) is 0.308. The molecule has 1 aliphatic carbocycles. The van der Waals surface area contributed by atoms with Gasteiger partial charge in [0.25, 0.3) is 0 Å². The van der Waals surface area contributed by atoms with Crippen molar-refractivity contribution in [2.45, 2.75) is 82.4 Å². The molecule has 1 rings (SSSR count). The van der Waals surface area contributed by atoms with Crippen molar-refractivity contribution in [3.63, 3.8) is 0 Å². The fourth-order valence-electron chi connectivity index (χ4n) is 3.02. The Balaban J connectivity index is 2.42. The van der Waals surface area contributed by atoms with Gasteiger partial charge in [0.05, 0.1) is 11.3 Å². The van der Waals surface area contributed by atoms with Crippen LogP contribution in [0.4, 0.5) is 17.6 Å². The van der Waals surface area contributed by atoms with Gasteiger partial charge >= 0.3 is 6.18 Å². The Hall–Kier alpha value is 0.01000. The van der Waals surface area contributed by atoms with E-state index in [0.29, 0.717) is 12.3 Å². The van der Waals surface area contributed by atoms with E-state index in [1.165, 1.54) is 19.8 Å². The molecule has 0 N–H and O–H groups in total. The van der Waals surface area contributed by atoms with Crippen LogP contribution in [0.5, 0.6) is 0 Å². The fourth-order valence-corrected chi connectivity index (χ4v) is 3.33. The van der Waals surface area contributed by atoms with Crippen molar-refractivity contribution in [3.05, 3.63) is 0 Å². The summed E-state index contributed by atoms with van der Waals surface area (Å²) in [5.41, 5.74) is 0. The molecule has 0 aromatic rings. The minimum atomic E-state index is -4.27. The van der Waals surface area contributed by atoms with E-state index in [1.807, 2.05) is 0 Å².